The van der Waals surface area contributed by atoms with Gasteiger partial charge in [-0.2, -0.15) is 25.3 Å². The fourth-order valence-electron chi connectivity index (χ4n) is 4.81. The Morgan fingerprint density at radius 3 is 1.45 bits per heavy atom. The van der Waals surface area contributed by atoms with Gasteiger partial charge in [0.1, 0.15) is 20.4 Å². The number of ether oxygens (including phenoxy) is 1. The molecule has 0 atom stereocenters. The van der Waals surface area contributed by atoms with Crippen LogP contribution in [0, 0.1) is 0 Å². The van der Waals surface area contributed by atoms with Crippen molar-refractivity contribution in [1.82, 2.24) is 0 Å². The van der Waals surface area contributed by atoms with Crippen LogP contribution >= 0.6 is 0 Å². The first-order valence-corrected chi connectivity index (χ1v) is 16.4. The van der Waals surface area contributed by atoms with Gasteiger partial charge in [0.05, 0.1) is 0 Å². The number of benzene rings is 4. The first-order chi connectivity index (χ1) is 18.1. The van der Waals surface area contributed by atoms with E-state index in [4.69, 9.17) is 4.74 Å². The quantitative estimate of drug-likeness (QED) is 0.0526. The number of carbonyl (C=O) groups excluding carboxylic acids is 1. The van der Waals surface area contributed by atoms with E-state index < -0.39 is 51.0 Å². The average molecular weight is 668 g/mol. The average Bonchev–Trinajstić information content (AvgIpc) is 2.82. The molecular weight excluding hydrogens is 641 g/mol. The van der Waals surface area contributed by atoms with E-state index in [1.807, 2.05) is 0 Å². The maximum atomic E-state index is 12.6. The third-order valence-corrected chi connectivity index (χ3v) is 9.22. The Morgan fingerprint density at radius 1 is 0.619 bits per heavy atom. The summed E-state index contributed by atoms with van der Waals surface area (Å²) in [4.78, 5) is 10.3. The molecule has 0 fully saturated rings. The first-order valence-electron chi connectivity index (χ1n) is 12.1. The molecule has 213 valence electrons. The van der Waals surface area contributed by atoms with Crippen LogP contribution in [0.1, 0.15) is 51.9 Å². The van der Waals surface area contributed by atoms with Crippen molar-refractivity contribution in [3.8, 4) is 5.75 Å². The van der Waals surface area contributed by atoms with Gasteiger partial charge in [-0.1, -0.05) is 57.2 Å². The third kappa shape index (κ3) is 8.68. The zero-order valence-electron chi connectivity index (χ0n) is 23.7. The SMILES string of the molecule is CCCCCCCCC(=O)Oc1cc(S(=O)(=O)O)c2ccc3c(S(=O)(=O)O)cc(S(=O)(=O)O)c4ccc1c2c43.[Na].[Na].[Na]. The number of unbranched alkanes of at least 4 members (excludes halogenated alkanes) is 5. The standard InChI is InChI=1S/C25H26O11S3.3Na/c1-2-3-4-5-6-7-8-23(26)36-19-13-20(37(27,28)29)16-11-12-18-22(39(33,34)35)14-21(38(30,31)32)17-10-9-15(19)24(16)25(17)18;;;/h9-14H,2-8H2,1H3,(H,27,28,29)(H,30,31,32)(H,33,34,35);;;. The molecule has 4 aromatic rings. The van der Waals surface area contributed by atoms with Crippen LogP contribution in [-0.4, -0.2) is 134 Å². The number of hydrogen-bond donors (Lipinski definition) is 3. The molecule has 0 unspecified atom stereocenters. The summed E-state index contributed by atoms with van der Waals surface area (Å²) in [5, 5.41) is -0.593. The van der Waals surface area contributed by atoms with E-state index in [0.29, 0.717) is 12.5 Å². The maximum Gasteiger partial charge on any atom is 0.311 e. The molecule has 0 spiro atoms. The van der Waals surface area contributed by atoms with Gasteiger partial charge >= 0.3 is 5.97 Å². The Labute approximate surface area is 310 Å². The summed E-state index contributed by atoms with van der Waals surface area (Å²) in [6.07, 6.45) is 5.51. The van der Waals surface area contributed by atoms with Crippen molar-refractivity contribution >= 4 is 157 Å². The molecule has 42 heavy (non-hydrogen) atoms. The summed E-state index contributed by atoms with van der Waals surface area (Å²) in [5.41, 5.74) is 0. The summed E-state index contributed by atoms with van der Waals surface area (Å²) in [6, 6.07) is 6.43. The van der Waals surface area contributed by atoms with E-state index >= 15 is 0 Å². The second-order valence-corrected chi connectivity index (χ2v) is 13.4. The molecule has 0 aromatic heterocycles. The van der Waals surface area contributed by atoms with Crippen LogP contribution in [0.5, 0.6) is 5.75 Å². The fourth-order valence-corrected chi connectivity index (χ4v) is 7.02. The van der Waals surface area contributed by atoms with Crippen molar-refractivity contribution in [2.75, 3.05) is 0 Å². The molecule has 0 amide bonds. The molecule has 3 radical (unpaired) electrons. The first kappa shape index (κ1) is 40.1. The van der Waals surface area contributed by atoms with Crippen LogP contribution in [0.4, 0.5) is 0 Å². The fraction of sp³-hybridized carbons (Fsp3) is 0.320. The molecule has 4 rings (SSSR count). The summed E-state index contributed by atoms with van der Waals surface area (Å²) >= 11 is 0. The Balaban J connectivity index is 0.00000294. The molecule has 0 saturated carbocycles. The molecule has 0 heterocycles. The second-order valence-electron chi connectivity index (χ2n) is 9.23. The van der Waals surface area contributed by atoms with Crippen molar-refractivity contribution in [1.29, 1.82) is 0 Å². The normalized spacial score (nSPS) is 12.1. The molecular formula is C25H26Na3O11S3. The van der Waals surface area contributed by atoms with E-state index in [1.54, 1.807) is 0 Å². The Morgan fingerprint density at radius 2 is 1.00 bits per heavy atom. The molecule has 0 saturated heterocycles. The predicted molar refractivity (Wildman–Crippen MR) is 160 cm³/mol. The van der Waals surface area contributed by atoms with E-state index in [1.165, 1.54) is 18.2 Å². The minimum absolute atomic E-state index is 0. The zero-order valence-corrected chi connectivity index (χ0v) is 32.2. The molecule has 0 aliphatic heterocycles. The number of rotatable bonds is 11. The van der Waals surface area contributed by atoms with Gasteiger partial charge in [-0.3, -0.25) is 18.5 Å². The third-order valence-electron chi connectivity index (χ3n) is 6.54. The topological polar surface area (TPSA) is 189 Å². The van der Waals surface area contributed by atoms with Gasteiger partial charge in [-0.25, -0.2) is 0 Å². The number of carbonyl (C=O) groups is 1. The maximum absolute atomic E-state index is 12.6. The van der Waals surface area contributed by atoms with E-state index in [-0.39, 0.29) is 133 Å². The van der Waals surface area contributed by atoms with Gasteiger partial charge in [0.15, 0.2) is 0 Å². The van der Waals surface area contributed by atoms with Crippen LogP contribution in [0.2, 0.25) is 0 Å². The van der Waals surface area contributed by atoms with Crippen molar-refractivity contribution < 1.29 is 48.4 Å². The minimum atomic E-state index is -5.03. The Bertz CT molecular complexity index is 1870. The van der Waals surface area contributed by atoms with E-state index in [2.05, 4.69) is 6.92 Å². The van der Waals surface area contributed by atoms with Gasteiger partial charge < -0.3 is 4.74 Å². The van der Waals surface area contributed by atoms with Gasteiger partial charge in [0.2, 0.25) is 0 Å². The number of esters is 1. The summed E-state index contributed by atoms with van der Waals surface area (Å²) in [6.45, 7) is 2.09. The predicted octanol–water partition coefficient (Wildman–Crippen LogP) is 3.84. The van der Waals surface area contributed by atoms with E-state index in [9.17, 15) is 43.7 Å². The van der Waals surface area contributed by atoms with Gasteiger partial charge in [0, 0.05) is 133 Å². The molecule has 17 heteroatoms. The Hall–Kier alpha value is 0.120. The van der Waals surface area contributed by atoms with Crippen molar-refractivity contribution in [2.24, 2.45) is 0 Å². The minimum Gasteiger partial charge on any atom is -0.426 e. The van der Waals surface area contributed by atoms with Gasteiger partial charge in [-0.15, -0.1) is 0 Å². The van der Waals surface area contributed by atoms with Gasteiger partial charge in [-0.05, 0) is 18.6 Å². The zero-order chi connectivity index (χ0) is 28.8. The van der Waals surface area contributed by atoms with Crippen LogP contribution in [0.3, 0.4) is 0 Å². The molecule has 0 aliphatic rings. The summed E-state index contributed by atoms with van der Waals surface area (Å²) in [5.74, 6) is -0.926. The smallest absolute Gasteiger partial charge is 0.311 e. The summed E-state index contributed by atoms with van der Waals surface area (Å²) in [7, 11) is -15.0. The second kappa shape index (κ2) is 15.6. The van der Waals surface area contributed by atoms with Crippen molar-refractivity contribution in [3.05, 3.63) is 36.4 Å². The largest absolute Gasteiger partial charge is 0.426 e. The van der Waals surface area contributed by atoms with Crippen molar-refractivity contribution in [3.63, 3.8) is 0 Å². The summed E-state index contributed by atoms with van der Waals surface area (Å²) < 4.78 is 108. The van der Waals surface area contributed by atoms with Crippen LogP contribution in [0.15, 0.2) is 51.1 Å². The molecule has 0 aliphatic carbocycles. The molecule has 11 nitrogen and oxygen atoms in total. The molecule has 0 bridgehead atoms. The van der Waals surface area contributed by atoms with Crippen molar-refractivity contribution in [2.45, 2.75) is 66.6 Å². The molecule has 3 N–H and O–H groups in total. The van der Waals surface area contributed by atoms with Crippen LogP contribution in [0.25, 0.3) is 32.3 Å². The van der Waals surface area contributed by atoms with E-state index in [0.717, 1.165) is 44.2 Å². The van der Waals surface area contributed by atoms with Crippen LogP contribution < -0.4 is 4.74 Å². The van der Waals surface area contributed by atoms with Gasteiger partial charge in [0.25, 0.3) is 30.4 Å². The van der Waals surface area contributed by atoms with Crippen LogP contribution in [-0.2, 0) is 35.1 Å². The number of hydrogen-bond acceptors (Lipinski definition) is 8. The monoisotopic (exact) mass is 667 g/mol. The molecule has 4 aromatic carbocycles. The Kier molecular flexibility index (Phi) is 14.9.